The fourth-order valence-corrected chi connectivity index (χ4v) is 2.61. The molecule has 0 radical (unpaired) electrons. The predicted octanol–water partition coefficient (Wildman–Crippen LogP) is 0.361. The summed E-state index contributed by atoms with van der Waals surface area (Å²) in [5.41, 5.74) is 0.669. The van der Waals surface area contributed by atoms with Crippen LogP contribution in [0.3, 0.4) is 0 Å². The molecule has 0 bridgehead atoms. The fraction of sp³-hybridized carbons (Fsp3) is 0.333. The highest BCUT2D eigenvalue weighted by Crippen LogP contribution is 2.19. The highest BCUT2D eigenvalue weighted by Gasteiger charge is 2.28. The lowest BCUT2D eigenvalue weighted by molar-refractivity contribution is -0.0183. The number of carbonyl (C=O) groups excluding carboxylic acids is 1. The molecule has 2 aromatic rings. The van der Waals surface area contributed by atoms with E-state index in [-0.39, 0.29) is 24.1 Å². The number of fused-ring (bicyclic) bond motifs is 1. The zero-order valence-electron chi connectivity index (χ0n) is 11.4. The molecule has 1 unspecified atom stereocenters. The van der Waals surface area contributed by atoms with Gasteiger partial charge in [-0.25, -0.2) is 0 Å². The van der Waals surface area contributed by atoms with Gasteiger partial charge in [-0.05, 0) is 6.07 Å². The molecule has 1 amide bonds. The molecule has 1 atom stereocenters. The number of rotatable bonds is 2. The quantitative estimate of drug-likeness (QED) is 0.836. The van der Waals surface area contributed by atoms with Crippen LogP contribution in [0.4, 0.5) is 0 Å². The maximum absolute atomic E-state index is 12.7. The Morgan fingerprint density at radius 2 is 2.24 bits per heavy atom. The summed E-state index contributed by atoms with van der Waals surface area (Å²) < 4.78 is 5.28. The lowest BCUT2D eigenvalue weighted by Gasteiger charge is -2.34. The molecule has 1 aromatic heterocycles. The highest BCUT2D eigenvalue weighted by atomic mass is 16.5. The molecule has 6 nitrogen and oxygen atoms in total. The molecule has 1 aromatic carbocycles. The van der Waals surface area contributed by atoms with Crippen LogP contribution >= 0.6 is 0 Å². The maximum Gasteiger partial charge on any atom is 0.255 e. The van der Waals surface area contributed by atoms with Crippen molar-refractivity contribution < 1.29 is 14.6 Å². The second-order valence-corrected chi connectivity index (χ2v) is 5.00. The minimum atomic E-state index is -0.371. The van der Waals surface area contributed by atoms with Crippen LogP contribution in [0.1, 0.15) is 10.4 Å². The summed E-state index contributed by atoms with van der Waals surface area (Å²) in [7, 11) is 0. The van der Waals surface area contributed by atoms with Crippen LogP contribution in [-0.2, 0) is 4.74 Å². The first-order valence-electron chi connectivity index (χ1n) is 6.82. The molecule has 1 aliphatic heterocycles. The number of nitrogens with one attached hydrogen (secondary N) is 1. The van der Waals surface area contributed by atoms with Crippen LogP contribution in [-0.4, -0.2) is 53.3 Å². The van der Waals surface area contributed by atoms with Crippen molar-refractivity contribution in [3.05, 3.63) is 46.2 Å². The Morgan fingerprint density at radius 3 is 3.05 bits per heavy atom. The Kier molecular flexibility index (Phi) is 3.72. The number of aromatic amines is 1. The third-order valence-electron chi connectivity index (χ3n) is 3.68. The Labute approximate surface area is 121 Å². The molecule has 1 fully saturated rings. The Morgan fingerprint density at radius 1 is 1.43 bits per heavy atom. The van der Waals surface area contributed by atoms with Crippen molar-refractivity contribution in [1.82, 2.24) is 9.88 Å². The number of ether oxygens (including phenoxy) is 1. The van der Waals surface area contributed by atoms with E-state index in [4.69, 9.17) is 4.74 Å². The normalized spacial score (nSPS) is 18.9. The molecule has 0 spiro atoms. The number of amides is 1. The number of aliphatic hydroxyl groups is 1. The van der Waals surface area contributed by atoms with Crippen molar-refractivity contribution in [3.63, 3.8) is 0 Å². The molecule has 2 N–H and O–H groups in total. The standard InChI is InChI=1S/C15H16N2O4/c18-8-10-9-21-6-5-17(10)15(20)12-7-14(19)16-13-4-2-1-3-11(12)13/h1-4,7,10,18H,5-6,8-9H2,(H,16,19). The van der Waals surface area contributed by atoms with Gasteiger partial charge in [0.15, 0.2) is 0 Å². The number of carbonyl (C=O) groups is 1. The van der Waals surface area contributed by atoms with E-state index in [1.807, 2.05) is 6.07 Å². The molecule has 6 heteroatoms. The van der Waals surface area contributed by atoms with Crippen LogP contribution in [0, 0.1) is 0 Å². The van der Waals surface area contributed by atoms with Crippen LogP contribution in [0.2, 0.25) is 0 Å². The van der Waals surface area contributed by atoms with Gasteiger partial charge in [-0.2, -0.15) is 0 Å². The van der Waals surface area contributed by atoms with Gasteiger partial charge in [0.05, 0.1) is 31.4 Å². The zero-order valence-corrected chi connectivity index (χ0v) is 11.4. The molecule has 0 aliphatic carbocycles. The molecule has 1 aliphatic rings. The number of aromatic nitrogens is 1. The monoisotopic (exact) mass is 288 g/mol. The third-order valence-corrected chi connectivity index (χ3v) is 3.68. The van der Waals surface area contributed by atoms with Crippen molar-refractivity contribution in [3.8, 4) is 0 Å². The van der Waals surface area contributed by atoms with Crippen molar-refractivity contribution in [2.24, 2.45) is 0 Å². The Hall–Kier alpha value is -2.18. The zero-order chi connectivity index (χ0) is 14.8. The van der Waals surface area contributed by atoms with Crippen LogP contribution in [0.15, 0.2) is 35.1 Å². The summed E-state index contributed by atoms with van der Waals surface area (Å²) >= 11 is 0. The maximum atomic E-state index is 12.7. The van der Waals surface area contributed by atoms with Crippen molar-refractivity contribution in [2.45, 2.75) is 6.04 Å². The molecular weight excluding hydrogens is 272 g/mol. The molecule has 0 saturated carbocycles. The van der Waals surface area contributed by atoms with E-state index >= 15 is 0 Å². The number of hydrogen-bond donors (Lipinski definition) is 2. The first-order chi connectivity index (χ1) is 10.2. The van der Waals surface area contributed by atoms with Crippen LogP contribution < -0.4 is 5.56 Å². The number of H-pyrrole nitrogens is 1. The van der Waals surface area contributed by atoms with Gasteiger partial charge in [0.2, 0.25) is 5.56 Å². The van der Waals surface area contributed by atoms with E-state index in [9.17, 15) is 14.7 Å². The number of pyridine rings is 1. The number of nitrogens with zero attached hydrogens (tertiary/aromatic N) is 1. The van der Waals surface area contributed by atoms with Crippen molar-refractivity contribution in [1.29, 1.82) is 0 Å². The second-order valence-electron chi connectivity index (χ2n) is 5.00. The molecular formula is C15H16N2O4. The van der Waals surface area contributed by atoms with Gasteiger partial charge >= 0.3 is 0 Å². The number of morpholine rings is 1. The summed E-state index contributed by atoms with van der Waals surface area (Å²) in [6.45, 7) is 0.991. The lowest BCUT2D eigenvalue weighted by atomic mass is 10.1. The topological polar surface area (TPSA) is 82.6 Å². The highest BCUT2D eigenvalue weighted by molar-refractivity contribution is 6.06. The SMILES string of the molecule is O=C(c1cc(=O)[nH]c2ccccc12)N1CCOCC1CO. The number of hydrogen-bond acceptors (Lipinski definition) is 4. The summed E-state index contributed by atoms with van der Waals surface area (Å²) in [5, 5.41) is 10.1. The fourth-order valence-electron chi connectivity index (χ4n) is 2.61. The molecule has 3 rings (SSSR count). The lowest BCUT2D eigenvalue weighted by Crippen LogP contribution is -2.50. The minimum absolute atomic E-state index is 0.160. The Balaban J connectivity index is 2.07. The summed E-state index contributed by atoms with van der Waals surface area (Å²) in [6, 6.07) is 8.12. The van der Waals surface area contributed by atoms with E-state index in [1.165, 1.54) is 6.07 Å². The average Bonchev–Trinajstić information content (AvgIpc) is 2.53. The van der Waals surface area contributed by atoms with Crippen LogP contribution in [0.5, 0.6) is 0 Å². The summed E-state index contributed by atoms with van der Waals surface area (Å²) in [4.78, 5) is 28.8. The first-order valence-corrected chi connectivity index (χ1v) is 6.82. The van der Waals surface area contributed by atoms with Gasteiger partial charge in [-0.1, -0.05) is 18.2 Å². The molecule has 110 valence electrons. The van der Waals surface area contributed by atoms with E-state index in [0.29, 0.717) is 36.2 Å². The molecule has 2 heterocycles. The van der Waals surface area contributed by atoms with E-state index in [0.717, 1.165) is 0 Å². The summed E-state index contributed by atoms with van der Waals surface area (Å²) in [5.74, 6) is -0.250. The number of aliphatic hydroxyl groups excluding tert-OH is 1. The van der Waals surface area contributed by atoms with Crippen molar-refractivity contribution in [2.75, 3.05) is 26.4 Å². The number of para-hydroxylation sites is 1. The Bertz CT molecular complexity index is 725. The summed E-state index contributed by atoms with van der Waals surface area (Å²) in [6.07, 6.45) is 0. The van der Waals surface area contributed by atoms with Crippen LogP contribution in [0.25, 0.3) is 10.9 Å². The van der Waals surface area contributed by atoms with E-state index in [2.05, 4.69) is 4.98 Å². The van der Waals surface area contributed by atoms with Crippen molar-refractivity contribution >= 4 is 16.8 Å². The average molecular weight is 288 g/mol. The molecule has 1 saturated heterocycles. The predicted molar refractivity (Wildman–Crippen MR) is 77.3 cm³/mol. The van der Waals surface area contributed by atoms with E-state index in [1.54, 1.807) is 23.1 Å². The largest absolute Gasteiger partial charge is 0.394 e. The van der Waals surface area contributed by atoms with Gasteiger partial charge < -0.3 is 19.7 Å². The van der Waals surface area contributed by atoms with Gasteiger partial charge in [0.1, 0.15) is 0 Å². The first kappa shape index (κ1) is 13.8. The smallest absolute Gasteiger partial charge is 0.255 e. The number of benzene rings is 1. The minimum Gasteiger partial charge on any atom is -0.394 e. The van der Waals surface area contributed by atoms with Gasteiger partial charge in [-0.3, -0.25) is 9.59 Å². The third kappa shape index (κ3) is 2.55. The molecule has 21 heavy (non-hydrogen) atoms. The second kappa shape index (κ2) is 5.67. The van der Waals surface area contributed by atoms with E-state index < -0.39 is 0 Å². The van der Waals surface area contributed by atoms with Gasteiger partial charge in [0.25, 0.3) is 5.91 Å². The van der Waals surface area contributed by atoms with Gasteiger partial charge in [-0.15, -0.1) is 0 Å². The van der Waals surface area contributed by atoms with Gasteiger partial charge in [0, 0.05) is 23.5 Å².